The van der Waals surface area contributed by atoms with Gasteiger partial charge in [-0.15, -0.1) is 11.3 Å². The third-order valence-electron chi connectivity index (χ3n) is 12.5. The van der Waals surface area contributed by atoms with Crippen molar-refractivity contribution >= 4 is 78.0 Å². The van der Waals surface area contributed by atoms with E-state index in [1.165, 1.54) is 93.2 Å². The minimum atomic E-state index is -0.0151. The fourth-order valence-electron chi connectivity index (χ4n) is 9.52. The van der Waals surface area contributed by atoms with E-state index < -0.39 is 0 Å². The Bertz CT molecular complexity index is 2590. The minimum absolute atomic E-state index is 0.00837. The summed E-state index contributed by atoms with van der Waals surface area (Å²) in [6, 6.07) is 28.5. The zero-order valence-electron chi connectivity index (χ0n) is 36.2. The molecule has 0 spiro atoms. The normalized spacial score (nSPS) is 15.1. The molecule has 4 heterocycles. The average Bonchev–Trinajstić information content (AvgIpc) is 3.34. The summed E-state index contributed by atoms with van der Waals surface area (Å²) in [5, 5.41) is 2.64. The summed E-state index contributed by atoms with van der Waals surface area (Å²) >= 11 is 1.93. The summed E-state index contributed by atoms with van der Waals surface area (Å²) in [5.41, 5.74) is 19.4. The molecule has 0 saturated carbocycles. The van der Waals surface area contributed by atoms with E-state index in [1.807, 2.05) is 11.3 Å². The van der Waals surface area contributed by atoms with Crippen LogP contribution >= 0.6 is 11.3 Å². The lowest BCUT2D eigenvalue weighted by Gasteiger charge is -2.44. The molecule has 0 unspecified atom stereocenters. The molecule has 0 bridgehead atoms. The lowest BCUT2D eigenvalue weighted by Crippen LogP contribution is -2.61. The Hall–Kier alpha value is -4.68. The van der Waals surface area contributed by atoms with E-state index in [0.29, 0.717) is 13.2 Å². The zero-order valence-corrected chi connectivity index (χ0v) is 37.1. The Balaban J connectivity index is 1.42. The molecule has 3 aliphatic heterocycles. The maximum atomic E-state index is 6.52. The molecular formula is C51H57BN2O2S. The highest BCUT2D eigenvalue weighted by molar-refractivity contribution is 7.26. The number of fused-ring (bicyclic) bond motifs is 7. The molecule has 6 heteroatoms. The Morgan fingerprint density at radius 2 is 1.05 bits per heavy atom. The molecule has 57 heavy (non-hydrogen) atoms. The average molecular weight is 773 g/mol. The van der Waals surface area contributed by atoms with E-state index in [4.69, 9.17) is 9.47 Å². The second-order valence-corrected chi connectivity index (χ2v) is 21.0. The van der Waals surface area contributed by atoms with E-state index in [-0.39, 0.29) is 23.0 Å². The zero-order chi connectivity index (χ0) is 40.5. The summed E-state index contributed by atoms with van der Waals surface area (Å²) in [7, 11) is 0. The highest BCUT2D eigenvalue weighted by atomic mass is 32.1. The standard InChI is InChI=1S/C51H57BN2O2S/c1-29-22-34(50(8,9)10)23-30(2)46(29)53-38-16-14-17-39-45(38)52(37-27-41-42(28-40(37)53)56-21-15-20-55-41)44-36-26-33(49(5,6)7)18-19-43(36)57-48(44)54(39)47-31(3)24-35(25-32(47)4)51(11,12)13/h14,16-19,22-28H,15,20-21H2,1-13H3. The van der Waals surface area contributed by atoms with Gasteiger partial charge >= 0.3 is 0 Å². The lowest BCUT2D eigenvalue weighted by atomic mass is 9.33. The molecule has 292 valence electrons. The van der Waals surface area contributed by atoms with Crippen LogP contribution in [0.25, 0.3) is 10.1 Å². The Morgan fingerprint density at radius 1 is 0.544 bits per heavy atom. The van der Waals surface area contributed by atoms with Crippen LogP contribution in [0.3, 0.4) is 0 Å². The van der Waals surface area contributed by atoms with Gasteiger partial charge in [-0.25, -0.2) is 0 Å². The van der Waals surface area contributed by atoms with Gasteiger partial charge in [0.15, 0.2) is 11.5 Å². The highest BCUT2D eigenvalue weighted by Crippen LogP contribution is 2.51. The fourth-order valence-corrected chi connectivity index (χ4v) is 10.8. The van der Waals surface area contributed by atoms with Crippen molar-refractivity contribution in [3.8, 4) is 11.5 Å². The summed E-state index contributed by atoms with van der Waals surface area (Å²) in [5.74, 6) is 1.66. The Labute approximate surface area is 344 Å². The number of nitrogens with zero attached hydrogens (tertiary/aromatic N) is 2. The lowest BCUT2D eigenvalue weighted by molar-refractivity contribution is 0.297. The summed E-state index contributed by atoms with van der Waals surface area (Å²) in [6.07, 6.45) is 0.861. The van der Waals surface area contributed by atoms with Crippen LogP contribution in [0.2, 0.25) is 0 Å². The van der Waals surface area contributed by atoms with Crippen molar-refractivity contribution in [1.82, 2.24) is 0 Å². The molecule has 0 fully saturated rings. The van der Waals surface area contributed by atoms with Crippen molar-refractivity contribution in [3.05, 3.63) is 112 Å². The van der Waals surface area contributed by atoms with Crippen LogP contribution in [0.4, 0.5) is 33.4 Å². The second kappa shape index (κ2) is 12.9. The first-order valence-corrected chi connectivity index (χ1v) is 21.6. The van der Waals surface area contributed by atoms with Gasteiger partial charge in [-0.2, -0.15) is 0 Å². The van der Waals surface area contributed by atoms with Gasteiger partial charge < -0.3 is 19.3 Å². The molecule has 0 radical (unpaired) electrons. The quantitative estimate of drug-likeness (QED) is 0.163. The van der Waals surface area contributed by atoms with Gasteiger partial charge in [0, 0.05) is 34.2 Å². The van der Waals surface area contributed by atoms with Crippen LogP contribution in [0, 0.1) is 27.7 Å². The smallest absolute Gasteiger partial charge is 0.254 e. The number of ether oxygens (including phenoxy) is 2. The molecule has 3 aliphatic rings. The van der Waals surface area contributed by atoms with Crippen molar-refractivity contribution in [3.63, 3.8) is 0 Å². The van der Waals surface area contributed by atoms with E-state index >= 15 is 0 Å². The van der Waals surface area contributed by atoms with Gasteiger partial charge in [0.05, 0.1) is 29.6 Å². The summed E-state index contributed by atoms with van der Waals surface area (Å²) in [6.45, 7) is 31.3. The number of thiophene rings is 1. The van der Waals surface area contributed by atoms with Gasteiger partial charge in [-0.05, 0) is 129 Å². The van der Waals surface area contributed by atoms with Gasteiger partial charge in [0.25, 0.3) is 6.71 Å². The maximum Gasteiger partial charge on any atom is 0.254 e. The van der Waals surface area contributed by atoms with Crippen molar-refractivity contribution in [1.29, 1.82) is 0 Å². The first-order valence-electron chi connectivity index (χ1n) is 20.8. The third-order valence-corrected chi connectivity index (χ3v) is 13.7. The van der Waals surface area contributed by atoms with Crippen molar-refractivity contribution in [2.45, 2.75) is 113 Å². The van der Waals surface area contributed by atoms with Crippen molar-refractivity contribution in [2.24, 2.45) is 0 Å². The van der Waals surface area contributed by atoms with Gasteiger partial charge in [0.2, 0.25) is 0 Å². The molecule has 0 saturated heterocycles. The predicted molar refractivity (Wildman–Crippen MR) is 247 cm³/mol. The van der Waals surface area contributed by atoms with E-state index in [0.717, 1.165) is 23.6 Å². The van der Waals surface area contributed by atoms with Crippen LogP contribution in [0.1, 0.15) is 108 Å². The van der Waals surface area contributed by atoms with Gasteiger partial charge in [-0.1, -0.05) is 105 Å². The molecule has 1 aromatic heterocycles. The molecule has 5 aromatic carbocycles. The molecule has 0 atom stereocenters. The number of aryl methyl sites for hydroxylation is 4. The predicted octanol–water partition coefficient (Wildman–Crippen LogP) is 12.3. The number of rotatable bonds is 2. The summed E-state index contributed by atoms with van der Waals surface area (Å²) < 4.78 is 14.3. The molecule has 0 amide bonds. The number of benzene rings is 5. The topological polar surface area (TPSA) is 24.9 Å². The molecule has 0 aliphatic carbocycles. The van der Waals surface area contributed by atoms with Gasteiger partial charge in [0.1, 0.15) is 0 Å². The minimum Gasteiger partial charge on any atom is -0.490 e. The fraction of sp³-hybridized carbons (Fsp3) is 0.373. The number of hydrogen-bond acceptors (Lipinski definition) is 5. The molecule has 0 N–H and O–H groups in total. The van der Waals surface area contributed by atoms with Crippen LogP contribution in [-0.4, -0.2) is 19.9 Å². The molecule has 4 nitrogen and oxygen atoms in total. The van der Waals surface area contributed by atoms with E-state index in [9.17, 15) is 0 Å². The SMILES string of the molecule is Cc1cc(C(C)(C)C)cc(C)c1N1c2cc3c(cc2B2c4c1cccc4N(c1c(C)cc(C(C)(C)C)cc1C)c1sc4ccc(C(C)(C)C)cc4c12)OCCCO3. The molecule has 6 aromatic rings. The first kappa shape index (κ1) is 37.9. The molecule has 9 rings (SSSR count). The highest BCUT2D eigenvalue weighted by Gasteiger charge is 2.47. The molecular weight excluding hydrogens is 715 g/mol. The van der Waals surface area contributed by atoms with Gasteiger partial charge in [-0.3, -0.25) is 0 Å². The largest absolute Gasteiger partial charge is 0.490 e. The van der Waals surface area contributed by atoms with Crippen LogP contribution in [0.5, 0.6) is 11.5 Å². The van der Waals surface area contributed by atoms with Crippen molar-refractivity contribution in [2.75, 3.05) is 23.0 Å². The Kier molecular flexibility index (Phi) is 8.58. The number of hydrogen-bond donors (Lipinski definition) is 0. The Morgan fingerprint density at radius 3 is 1.60 bits per heavy atom. The maximum absolute atomic E-state index is 6.52. The number of anilines is 6. The van der Waals surface area contributed by atoms with E-state index in [2.05, 4.69) is 173 Å². The first-order chi connectivity index (χ1) is 26.8. The third kappa shape index (κ3) is 5.99. The van der Waals surface area contributed by atoms with E-state index in [1.54, 1.807) is 0 Å². The van der Waals surface area contributed by atoms with Crippen molar-refractivity contribution < 1.29 is 9.47 Å². The van der Waals surface area contributed by atoms with Crippen LogP contribution in [0.15, 0.2) is 72.8 Å². The van der Waals surface area contributed by atoms with Crippen LogP contribution in [-0.2, 0) is 16.2 Å². The van der Waals surface area contributed by atoms with Crippen LogP contribution < -0.4 is 35.7 Å². The summed E-state index contributed by atoms with van der Waals surface area (Å²) in [4.78, 5) is 5.18. The monoisotopic (exact) mass is 772 g/mol. The second-order valence-electron chi connectivity index (χ2n) is 19.9.